The molecule has 1 N–H and O–H groups in total. The van der Waals surface area contributed by atoms with Gasteiger partial charge in [-0.25, -0.2) is 4.79 Å². The molecular weight excluding hydrogens is 384 g/mol. The maximum atomic E-state index is 12.7. The van der Waals surface area contributed by atoms with E-state index in [1.165, 1.54) is 0 Å². The molecule has 0 unspecified atom stereocenters. The van der Waals surface area contributed by atoms with Crippen LogP contribution in [0.5, 0.6) is 0 Å². The molecular formula is C19H21BrN2O3. The lowest BCUT2D eigenvalue weighted by atomic mass is 10.0. The van der Waals surface area contributed by atoms with E-state index in [2.05, 4.69) is 21.4 Å². The Morgan fingerprint density at radius 3 is 2.24 bits per heavy atom. The number of hydrogen-bond acceptors (Lipinski definition) is 3. The predicted molar refractivity (Wildman–Crippen MR) is 103 cm³/mol. The van der Waals surface area contributed by atoms with E-state index >= 15 is 0 Å². The highest BCUT2D eigenvalue weighted by molar-refractivity contribution is 9.09. The monoisotopic (exact) mass is 404 g/mol. The zero-order valence-electron chi connectivity index (χ0n) is 14.5. The molecule has 2 aromatic rings. The Balaban J connectivity index is 2.47. The molecule has 0 saturated carbocycles. The van der Waals surface area contributed by atoms with Crippen LogP contribution in [0.25, 0.3) is 11.1 Å². The van der Waals surface area contributed by atoms with E-state index in [9.17, 15) is 9.59 Å². The lowest BCUT2D eigenvalue weighted by molar-refractivity contribution is -0.118. The van der Waals surface area contributed by atoms with Crippen molar-refractivity contribution in [3.05, 3.63) is 54.6 Å². The number of nitrogens with one attached hydrogen (secondary N) is 1. The van der Waals surface area contributed by atoms with E-state index in [0.29, 0.717) is 5.69 Å². The van der Waals surface area contributed by atoms with Crippen molar-refractivity contribution in [2.75, 3.05) is 10.3 Å². The molecule has 6 heteroatoms. The third kappa shape index (κ3) is 5.32. The quantitative estimate of drug-likeness (QED) is 0.604. The van der Waals surface area contributed by atoms with E-state index in [1.54, 1.807) is 32.9 Å². The van der Waals surface area contributed by atoms with Crippen LogP contribution in [-0.2, 0) is 9.53 Å². The van der Waals surface area contributed by atoms with Gasteiger partial charge in [-0.1, -0.05) is 64.5 Å². The van der Waals surface area contributed by atoms with Crippen LogP contribution in [0.4, 0.5) is 10.5 Å². The van der Waals surface area contributed by atoms with Crippen LogP contribution in [0.15, 0.2) is 54.6 Å². The zero-order valence-corrected chi connectivity index (χ0v) is 16.0. The lowest BCUT2D eigenvalue weighted by Gasteiger charge is -2.28. The highest BCUT2D eigenvalue weighted by atomic mass is 79.9. The number of carbonyl (C=O) groups is 2. The lowest BCUT2D eigenvalue weighted by Crippen LogP contribution is -2.49. The fourth-order valence-corrected chi connectivity index (χ4v) is 2.32. The van der Waals surface area contributed by atoms with Gasteiger partial charge in [0.1, 0.15) is 5.60 Å². The van der Waals surface area contributed by atoms with Gasteiger partial charge >= 0.3 is 6.09 Å². The van der Waals surface area contributed by atoms with Crippen LogP contribution < -0.4 is 10.4 Å². The van der Waals surface area contributed by atoms with Gasteiger partial charge in [0.05, 0.1) is 11.0 Å². The minimum absolute atomic E-state index is 0.0692. The van der Waals surface area contributed by atoms with Crippen molar-refractivity contribution in [1.82, 2.24) is 5.43 Å². The highest BCUT2D eigenvalue weighted by Gasteiger charge is 2.26. The first kappa shape index (κ1) is 19.0. The Morgan fingerprint density at radius 2 is 1.64 bits per heavy atom. The second-order valence-electron chi connectivity index (χ2n) is 6.37. The van der Waals surface area contributed by atoms with E-state index in [4.69, 9.17) is 4.74 Å². The second-order valence-corrected chi connectivity index (χ2v) is 6.93. The standard InChI is InChI=1S/C19H21BrN2O3/c1-19(2,3)25-18(24)22(21-17(23)13-20)16-12-8-7-11-15(16)14-9-5-4-6-10-14/h4-12H,13H2,1-3H3,(H,21,23). The van der Waals surface area contributed by atoms with Crippen molar-refractivity contribution in [2.24, 2.45) is 0 Å². The zero-order chi connectivity index (χ0) is 18.4. The molecule has 2 rings (SSSR count). The minimum atomic E-state index is -0.684. The molecule has 0 aliphatic carbocycles. The predicted octanol–water partition coefficient (Wildman–Crippen LogP) is 4.52. The van der Waals surface area contributed by atoms with Crippen molar-refractivity contribution in [2.45, 2.75) is 26.4 Å². The van der Waals surface area contributed by atoms with Gasteiger partial charge in [-0.15, -0.1) is 0 Å². The van der Waals surface area contributed by atoms with Crippen LogP contribution in [0.2, 0.25) is 0 Å². The number of carbonyl (C=O) groups excluding carboxylic acids is 2. The SMILES string of the molecule is CC(C)(C)OC(=O)N(NC(=O)CBr)c1ccccc1-c1ccccc1. The number of nitrogens with zero attached hydrogens (tertiary/aromatic N) is 1. The third-order valence-electron chi connectivity index (χ3n) is 3.16. The molecule has 5 nitrogen and oxygen atoms in total. The first-order valence-corrected chi connectivity index (χ1v) is 8.97. The largest absolute Gasteiger partial charge is 0.442 e. The van der Waals surface area contributed by atoms with E-state index in [0.717, 1.165) is 16.1 Å². The summed E-state index contributed by atoms with van der Waals surface area (Å²) in [5.41, 5.74) is 4.18. The Morgan fingerprint density at radius 1 is 1.04 bits per heavy atom. The van der Waals surface area contributed by atoms with Crippen LogP contribution >= 0.6 is 15.9 Å². The van der Waals surface area contributed by atoms with E-state index in [1.807, 2.05) is 42.5 Å². The van der Waals surface area contributed by atoms with Crippen LogP contribution in [0, 0.1) is 0 Å². The molecule has 2 amide bonds. The fourth-order valence-electron chi connectivity index (χ4n) is 2.20. The summed E-state index contributed by atoms with van der Waals surface area (Å²) in [4.78, 5) is 24.6. The molecule has 2 aromatic carbocycles. The number of benzene rings is 2. The summed E-state index contributed by atoms with van der Waals surface area (Å²) < 4.78 is 5.45. The van der Waals surface area contributed by atoms with Crippen LogP contribution in [0.1, 0.15) is 20.8 Å². The summed E-state index contributed by atoms with van der Waals surface area (Å²) >= 11 is 3.10. The summed E-state index contributed by atoms with van der Waals surface area (Å²) in [5.74, 6) is -0.353. The van der Waals surface area contributed by atoms with E-state index < -0.39 is 11.7 Å². The van der Waals surface area contributed by atoms with Gasteiger partial charge < -0.3 is 4.74 Å². The van der Waals surface area contributed by atoms with Gasteiger partial charge in [-0.05, 0) is 32.4 Å². The number of amides is 2. The summed E-state index contributed by atoms with van der Waals surface area (Å²) in [6, 6.07) is 17.0. The van der Waals surface area contributed by atoms with Gasteiger partial charge in [0.15, 0.2) is 0 Å². The molecule has 0 aliphatic rings. The normalized spacial score (nSPS) is 10.9. The number of para-hydroxylation sites is 1. The molecule has 0 fully saturated rings. The van der Waals surface area contributed by atoms with Gasteiger partial charge in [0.25, 0.3) is 0 Å². The highest BCUT2D eigenvalue weighted by Crippen LogP contribution is 2.30. The third-order valence-corrected chi connectivity index (χ3v) is 3.67. The molecule has 0 atom stereocenters. The number of ether oxygens (including phenoxy) is 1. The Labute approximate surface area is 156 Å². The molecule has 0 radical (unpaired) electrons. The first-order chi connectivity index (χ1) is 11.8. The fraction of sp³-hybridized carbons (Fsp3) is 0.263. The molecule has 0 spiro atoms. The summed E-state index contributed by atoms with van der Waals surface area (Å²) in [7, 11) is 0. The van der Waals surface area contributed by atoms with Crippen LogP contribution in [0.3, 0.4) is 0 Å². The summed E-state index contributed by atoms with van der Waals surface area (Å²) in [5, 5.41) is 1.22. The number of hydrogen-bond donors (Lipinski definition) is 1. The number of rotatable bonds is 3. The van der Waals surface area contributed by atoms with Crippen molar-refractivity contribution < 1.29 is 14.3 Å². The Kier molecular flexibility index (Phi) is 6.20. The van der Waals surface area contributed by atoms with Gasteiger partial charge in [-0.2, -0.15) is 5.01 Å². The molecule has 0 aliphatic heterocycles. The summed E-state index contributed by atoms with van der Waals surface area (Å²) in [6.07, 6.45) is -0.648. The molecule has 0 saturated heterocycles. The number of alkyl halides is 1. The Hall–Kier alpha value is -2.34. The molecule has 0 heterocycles. The van der Waals surface area contributed by atoms with Crippen molar-refractivity contribution in [1.29, 1.82) is 0 Å². The number of hydrazine groups is 1. The second kappa shape index (κ2) is 8.16. The maximum absolute atomic E-state index is 12.7. The molecule has 0 bridgehead atoms. The number of anilines is 1. The average Bonchev–Trinajstić information content (AvgIpc) is 2.58. The Bertz CT molecular complexity index is 742. The smallest absolute Gasteiger partial charge is 0.434 e. The van der Waals surface area contributed by atoms with Gasteiger partial charge in [0, 0.05) is 5.56 Å². The van der Waals surface area contributed by atoms with Gasteiger partial charge in [0.2, 0.25) is 5.91 Å². The van der Waals surface area contributed by atoms with Crippen molar-refractivity contribution >= 4 is 33.6 Å². The molecule has 132 valence electrons. The van der Waals surface area contributed by atoms with Crippen molar-refractivity contribution in [3.63, 3.8) is 0 Å². The van der Waals surface area contributed by atoms with Crippen LogP contribution in [-0.4, -0.2) is 22.9 Å². The minimum Gasteiger partial charge on any atom is -0.442 e. The van der Waals surface area contributed by atoms with Crippen molar-refractivity contribution in [3.8, 4) is 11.1 Å². The average molecular weight is 405 g/mol. The molecule has 0 aromatic heterocycles. The number of halogens is 1. The first-order valence-electron chi connectivity index (χ1n) is 7.85. The van der Waals surface area contributed by atoms with Gasteiger partial charge in [-0.3, -0.25) is 10.2 Å². The maximum Gasteiger partial charge on any atom is 0.434 e. The summed E-state index contributed by atoms with van der Waals surface area (Å²) in [6.45, 7) is 5.33. The van der Waals surface area contributed by atoms with E-state index in [-0.39, 0.29) is 11.2 Å². The topological polar surface area (TPSA) is 58.6 Å². The molecule has 25 heavy (non-hydrogen) atoms.